The molecule has 1 aromatic carbocycles. The van der Waals surface area contributed by atoms with Gasteiger partial charge in [0.25, 0.3) is 5.91 Å². The smallest absolute Gasteiger partial charge is 0.391 e. The summed E-state index contributed by atoms with van der Waals surface area (Å²) in [5.41, 5.74) is 5.03. The Balaban J connectivity index is 1.35. The van der Waals surface area contributed by atoms with Crippen LogP contribution in [0.4, 0.5) is 18.9 Å². The number of amides is 2. The number of benzene rings is 1. The van der Waals surface area contributed by atoms with Gasteiger partial charge in [0.15, 0.2) is 11.9 Å². The molecule has 0 bridgehead atoms. The topological polar surface area (TPSA) is 93.3 Å². The van der Waals surface area contributed by atoms with E-state index in [4.69, 9.17) is 0 Å². The highest BCUT2D eigenvalue weighted by molar-refractivity contribution is 6.01. The number of rotatable bonds is 6. The molecule has 8 nitrogen and oxygen atoms in total. The first-order valence-corrected chi connectivity index (χ1v) is 14.3. The molecule has 224 valence electrons. The van der Waals surface area contributed by atoms with Gasteiger partial charge in [0.05, 0.1) is 11.5 Å². The highest BCUT2D eigenvalue weighted by atomic mass is 19.4. The molecule has 2 aromatic heterocycles. The minimum Gasteiger partial charge on any atom is -0.618 e. The van der Waals surface area contributed by atoms with Gasteiger partial charge in [-0.15, -0.1) is 0 Å². The van der Waals surface area contributed by atoms with Crippen molar-refractivity contribution in [2.24, 2.45) is 11.8 Å². The monoisotopic (exact) mass is 583 g/mol. The fourth-order valence-corrected chi connectivity index (χ4v) is 6.28. The van der Waals surface area contributed by atoms with Crippen LogP contribution >= 0.6 is 0 Å². The van der Waals surface area contributed by atoms with Crippen molar-refractivity contribution >= 4 is 17.5 Å². The Bertz CT molecular complexity index is 1460. The normalized spacial score (nSPS) is 20.0. The lowest BCUT2D eigenvalue weighted by atomic mass is 9.78. The van der Waals surface area contributed by atoms with Gasteiger partial charge in [-0.25, -0.2) is 0 Å². The molecular weight excluding hydrogens is 547 g/mol. The molecule has 1 aliphatic carbocycles. The predicted octanol–water partition coefficient (Wildman–Crippen LogP) is 4.96. The third-order valence-electron chi connectivity index (χ3n) is 8.70. The lowest BCUT2D eigenvalue weighted by Crippen LogP contribution is -2.50. The van der Waals surface area contributed by atoms with E-state index in [1.807, 2.05) is 24.6 Å². The Hall–Kier alpha value is -3.86. The average molecular weight is 584 g/mol. The van der Waals surface area contributed by atoms with Crippen molar-refractivity contribution < 1.29 is 27.5 Å². The molecule has 2 amide bonds. The number of pyridine rings is 1. The van der Waals surface area contributed by atoms with Gasteiger partial charge in [-0.05, 0) is 81.0 Å². The number of aromatic nitrogens is 2. The largest absolute Gasteiger partial charge is 0.618 e. The molecule has 3 heterocycles. The molecule has 0 radical (unpaired) electrons. The molecule has 0 unspecified atom stereocenters. The second kappa shape index (κ2) is 11.8. The van der Waals surface area contributed by atoms with Crippen LogP contribution in [0, 0.1) is 30.9 Å². The van der Waals surface area contributed by atoms with Gasteiger partial charge in [-0.1, -0.05) is 12.1 Å². The van der Waals surface area contributed by atoms with Gasteiger partial charge in [0.2, 0.25) is 5.91 Å². The predicted molar refractivity (Wildman–Crippen MR) is 152 cm³/mol. The van der Waals surface area contributed by atoms with Crippen molar-refractivity contribution in [2.75, 3.05) is 18.9 Å². The Labute approximate surface area is 243 Å². The Morgan fingerprint density at radius 1 is 1.00 bits per heavy atom. The molecule has 0 saturated heterocycles. The molecule has 2 N–H and O–H groups in total. The molecule has 0 spiro atoms. The van der Waals surface area contributed by atoms with Crippen LogP contribution in [-0.2, 0) is 17.9 Å². The Morgan fingerprint density at radius 3 is 2.36 bits per heavy atom. The van der Waals surface area contributed by atoms with Crippen molar-refractivity contribution in [3.8, 4) is 11.1 Å². The second-order valence-electron chi connectivity index (χ2n) is 11.6. The minimum absolute atomic E-state index is 0.0785. The zero-order valence-corrected chi connectivity index (χ0v) is 24.0. The van der Waals surface area contributed by atoms with E-state index in [1.165, 1.54) is 6.20 Å². The SMILES string of the molecule is Cc1cc[n+]([O-])c(C)c1-c1ccc(NC(=O)[C@@H](NC(=O)c2ccc3n2CCN(C)C3)C2CCC(C(F)(F)F)CC2)cc1. The van der Waals surface area contributed by atoms with Crippen LogP contribution < -0.4 is 15.4 Å². The molecule has 1 fully saturated rings. The molecule has 1 saturated carbocycles. The molecule has 5 rings (SSSR count). The Kier molecular flexibility index (Phi) is 8.32. The fourth-order valence-electron chi connectivity index (χ4n) is 6.28. The second-order valence-corrected chi connectivity index (χ2v) is 11.6. The number of nitrogens with zero attached hydrogens (tertiary/aromatic N) is 3. The fraction of sp³-hybridized carbons (Fsp3) is 0.452. The van der Waals surface area contributed by atoms with Crippen molar-refractivity contribution in [3.05, 3.63) is 76.5 Å². The summed E-state index contributed by atoms with van der Waals surface area (Å²) < 4.78 is 42.8. The van der Waals surface area contributed by atoms with E-state index in [-0.39, 0.29) is 25.7 Å². The molecule has 1 atom stereocenters. The highest BCUT2D eigenvalue weighted by Gasteiger charge is 2.44. The summed E-state index contributed by atoms with van der Waals surface area (Å²) in [6.45, 7) is 5.77. The summed E-state index contributed by atoms with van der Waals surface area (Å²) in [5, 5.41) is 17.8. The van der Waals surface area contributed by atoms with Crippen molar-refractivity contribution in [1.82, 2.24) is 14.8 Å². The van der Waals surface area contributed by atoms with E-state index >= 15 is 0 Å². The number of fused-ring (bicyclic) bond motifs is 1. The first-order chi connectivity index (χ1) is 19.9. The molecule has 42 heavy (non-hydrogen) atoms. The minimum atomic E-state index is -4.27. The van der Waals surface area contributed by atoms with Crippen LogP contribution in [0.5, 0.6) is 0 Å². The Morgan fingerprint density at radius 2 is 1.69 bits per heavy atom. The lowest BCUT2D eigenvalue weighted by molar-refractivity contribution is -0.611. The van der Waals surface area contributed by atoms with Crippen LogP contribution in [0.1, 0.15) is 53.1 Å². The first kappa shape index (κ1) is 29.6. The van der Waals surface area contributed by atoms with E-state index in [9.17, 15) is 28.0 Å². The van der Waals surface area contributed by atoms with Gasteiger partial charge >= 0.3 is 6.18 Å². The number of likely N-dealkylation sites (N-methyl/N-ethyl adjacent to an activating group) is 1. The third kappa shape index (κ3) is 6.16. The third-order valence-corrected chi connectivity index (χ3v) is 8.70. The number of halogens is 3. The number of anilines is 1. The van der Waals surface area contributed by atoms with E-state index in [1.54, 1.807) is 43.3 Å². The van der Waals surface area contributed by atoms with Crippen molar-refractivity contribution in [1.29, 1.82) is 0 Å². The summed E-state index contributed by atoms with van der Waals surface area (Å²) in [4.78, 5) is 29.2. The van der Waals surface area contributed by atoms with Crippen molar-refractivity contribution in [3.63, 3.8) is 0 Å². The van der Waals surface area contributed by atoms with Crippen LogP contribution in [-0.4, -0.2) is 47.1 Å². The van der Waals surface area contributed by atoms with E-state index in [0.29, 0.717) is 30.2 Å². The number of aryl methyl sites for hydroxylation is 1. The number of alkyl halides is 3. The van der Waals surface area contributed by atoms with E-state index < -0.39 is 35.9 Å². The van der Waals surface area contributed by atoms with Crippen LogP contribution in [0.15, 0.2) is 48.7 Å². The molecular formula is C31H36F3N5O3. The number of carbonyl (C=O) groups excluding carboxylic acids is 2. The molecule has 2 aliphatic rings. The van der Waals surface area contributed by atoms with Gasteiger partial charge < -0.3 is 20.4 Å². The van der Waals surface area contributed by atoms with E-state index in [2.05, 4.69) is 15.5 Å². The number of hydrogen-bond donors (Lipinski definition) is 2. The van der Waals surface area contributed by atoms with Crippen LogP contribution in [0.2, 0.25) is 0 Å². The summed E-state index contributed by atoms with van der Waals surface area (Å²) in [5.74, 6) is -2.72. The number of nitrogens with one attached hydrogen (secondary N) is 2. The van der Waals surface area contributed by atoms with Crippen molar-refractivity contribution in [2.45, 2.75) is 64.8 Å². The number of hydrogen-bond acceptors (Lipinski definition) is 4. The number of carbonyl (C=O) groups is 2. The van der Waals surface area contributed by atoms with Gasteiger partial charge in [-0.3, -0.25) is 14.5 Å². The highest BCUT2D eigenvalue weighted by Crippen LogP contribution is 2.40. The molecule has 1 aliphatic heterocycles. The maximum absolute atomic E-state index is 13.6. The summed E-state index contributed by atoms with van der Waals surface area (Å²) in [7, 11) is 2.00. The lowest BCUT2D eigenvalue weighted by Gasteiger charge is -2.34. The van der Waals surface area contributed by atoms with Gasteiger partial charge in [-0.2, -0.15) is 17.9 Å². The standard InChI is InChI=1S/C31H36F3N5O3/c1-19-14-15-39(42)20(2)27(19)21-6-10-24(11-7-21)35-30(41)28(22-4-8-23(9-5-22)31(32,33)34)36-29(40)26-13-12-25-18-37(3)16-17-38(25)26/h6-7,10-15,22-23,28H,4-5,8-9,16-18H2,1-3H3,(H,35,41)(H,36,40)/t22?,23?,28-/m0/s1. The summed E-state index contributed by atoms with van der Waals surface area (Å²) >= 11 is 0. The van der Waals surface area contributed by atoms with Crippen LogP contribution in [0.25, 0.3) is 11.1 Å². The van der Waals surface area contributed by atoms with Gasteiger partial charge in [0, 0.05) is 44.0 Å². The summed E-state index contributed by atoms with van der Waals surface area (Å²) in [6.07, 6.45) is -2.61. The maximum Gasteiger partial charge on any atom is 0.391 e. The maximum atomic E-state index is 13.6. The summed E-state index contributed by atoms with van der Waals surface area (Å²) in [6, 6.07) is 11.4. The first-order valence-electron chi connectivity index (χ1n) is 14.3. The van der Waals surface area contributed by atoms with Gasteiger partial charge in [0.1, 0.15) is 11.7 Å². The molecule has 3 aromatic rings. The van der Waals surface area contributed by atoms with Crippen LogP contribution in [0.3, 0.4) is 0 Å². The zero-order valence-electron chi connectivity index (χ0n) is 24.0. The average Bonchev–Trinajstić information content (AvgIpc) is 3.37. The van der Waals surface area contributed by atoms with E-state index in [0.717, 1.165) is 33.7 Å². The zero-order chi connectivity index (χ0) is 30.2. The molecule has 11 heteroatoms. The quantitative estimate of drug-likeness (QED) is 0.317.